The van der Waals surface area contributed by atoms with Crippen LogP contribution in [0.25, 0.3) is 0 Å². The van der Waals surface area contributed by atoms with Crippen molar-refractivity contribution in [2.45, 2.75) is 30.3 Å². The maximum Gasteiger partial charge on any atom is 0.207 e. The van der Waals surface area contributed by atoms with Gasteiger partial charge in [0, 0.05) is 1.43 Å². The van der Waals surface area contributed by atoms with Crippen LogP contribution in [0.1, 0.15) is 26.8 Å². The second-order valence-electron chi connectivity index (χ2n) is 3.12. The van der Waals surface area contributed by atoms with Crippen LogP contribution in [0, 0.1) is 0 Å². The number of hydrogen-bond donors (Lipinski definition) is 0. The van der Waals surface area contributed by atoms with E-state index in [1.54, 1.807) is 0 Å². The predicted molar refractivity (Wildman–Crippen MR) is 57.7 cm³/mol. The maximum atomic E-state index is 2.27. The Morgan fingerprint density at radius 2 is 2.00 bits per heavy atom. The quantitative estimate of drug-likeness (QED) is 0.478. The molecule has 1 aromatic rings. The summed E-state index contributed by atoms with van der Waals surface area (Å²) in [5.74, 6) is 0. The van der Waals surface area contributed by atoms with E-state index in [4.69, 9.17) is 0 Å². The van der Waals surface area contributed by atoms with Gasteiger partial charge < -0.3 is 0 Å². The van der Waals surface area contributed by atoms with E-state index in [0.717, 1.165) is 0 Å². The van der Waals surface area contributed by atoms with Crippen molar-refractivity contribution in [3.63, 3.8) is 0 Å². The van der Waals surface area contributed by atoms with Gasteiger partial charge >= 0.3 is 0 Å². The number of unbranched alkanes of at least 4 members (excludes halogenated alkanes) is 1. The summed E-state index contributed by atoms with van der Waals surface area (Å²) in [6, 6.07) is 10.8. The lowest BCUT2D eigenvalue weighted by Gasteiger charge is -1.97. The van der Waals surface area contributed by atoms with Crippen molar-refractivity contribution in [3.05, 3.63) is 35.9 Å². The molecule has 0 atom stereocenters. The lowest BCUT2D eigenvalue weighted by atomic mass is 10.2. The van der Waals surface area contributed by atoms with Gasteiger partial charge in [-0.25, -0.2) is 0 Å². The summed E-state index contributed by atoms with van der Waals surface area (Å²) < 4.78 is 0. The molecule has 0 aliphatic heterocycles. The van der Waals surface area contributed by atoms with Crippen molar-refractivity contribution in [2.75, 3.05) is 0 Å². The van der Waals surface area contributed by atoms with Gasteiger partial charge in [0.1, 0.15) is 0 Å². The minimum absolute atomic E-state index is 0. The van der Waals surface area contributed by atoms with Crippen LogP contribution in [-0.4, -0.2) is 15.2 Å². The van der Waals surface area contributed by atoms with Crippen molar-refractivity contribution < 1.29 is 1.43 Å². The number of hydrogen-bond acceptors (Lipinski definition) is 0. The fourth-order valence-electron chi connectivity index (χ4n) is 1.23. The third-order valence-corrected chi connectivity index (χ3v) is 3.56. The molecule has 65 valence electrons. The second-order valence-corrected chi connectivity index (χ2v) is 4.68. The van der Waals surface area contributed by atoms with E-state index in [1.807, 2.05) is 0 Å². The van der Waals surface area contributed by atoms with E-state index in [9.17, 15) is 0 Å². The molecule has 0 saturated heterocycles. The fraction of sp³-hybridized carbons (Fsp3) is 0.455. The molecular formula is C11H18Al. The minimum atomic E-state index is 0. The third kappa shape index (κ3) is 3.95. The summed E-state index contributed by atoms with van der Waals surface area (Å²) >= 11 is 0.659. The van der Waals surface area contributed by atoms with E-state index in [0.29, 0.717) is 15.2 Å². The molecule has 0 aromatic heterocycles. The lowest BCUT2D eigenvalue weighted by molar-refractivity contribution is 0.877. The first kappa shape index (κ1) is 9.84. The van der Waals surface area contributed by atoms with Crippen LogP contribution < -0.4 is 0 Å². The smallest absolute Gasteiger partial charge is 0.103 e. The first-order chi connectivity index (χ1) is 5.93. The Labute approximate surface area is 83.2 Å². The summed E-state index contributed by atoms with van der Waals surface area (Å²) in [6.07, 6.45) is 2.77. The van der Waals surface area contributed by atoms with Crippen molar-refractivity contribution in [1.29, 1.82) is 0 Å². The monoisotopic (exact) mass is 177 g/mol. The highest BCUT2D eigenvalue weighted by molar-refractivity contribution is 6.34. The Bertz CT molecular complexity index is 199. The van der Waals surface area contributed by atoms with Crippen LogP contribution in [0.4, 0.5) is 0 Å². The normalized spacial score (nSPS) is 9.75. The fourth-order valence-corrected chi connectivity index (χ4v) is 2.74. The molecule has 0 aliphatic rings. The van der Waals surface area contributed by atoms with E-state index in [-0.39, 0.29) is 1.43 Å². The van der Waals surface area contributed by atoms with Crippen LogP contribution in [-0.2, 0) is 5.28 Å². The molecule has 0 fully saturated rings. The van der Waals surface area contributed by atoms with E-state index in [2.05, 4.69) is 37.3 Å². The lowest BCUT2D eigenvalue weighted by Crippen LogP contribution is -1.95. The molecule has 0 saturated carbocycles. The van der Waals surface area contributed by atoms with Crippen molar-refractivity contribution in [2.24, 2.45) is 0 Å². The molecule has 0 unspecified atom stereocenters. The zero-order valence-electron chi connectivity index (χ0n) is 7.79. The van der Waals surface area contributed by atoms with Gasteiger partial charge in [-0.1, -0.05) is 60.9 Å². The molecule has 0 bridgehead atoms. The van der Waals surface area contributed by atoms with Crippen molar-refractivity contribution in [3.8, 4) is 0 Å². The molecule has 1 aromatic carbocycles. The third-order valence-electron chi connectivity index (χ3n) is 1.98. The van der Waals surface area contributed by atoms with Gasteiger partial charge in [0.2, 0.25) is 15.2 Å². The number of rotatable bonds is 5. The van der Waals surface area contributed by atoms with Crippen LogP contribution in [0.5, 0.6) is 0 Å². The Morgan fingerprint density at radius 3 is 2.67 bits per heavy atom. The molecule has 0 nitrogen and oxygen atoms in total. The van der Waals surface area contributed by atoms with Crippen LogP contribution in [0.15, 0.2) is 30.3 Å². The summed E-state index contributed by atoms with van der Waals surface area (Å²) in [6.45, 7) is 2.27. The Balaban J connectivity index is 0.00000144. The highest BCUT2D eigenvalue weighted by Gasteiger charge is 1.93. The van der Waals surface area contributed by atoms with Gasteiger partial charge in [-0.05, 0) is 0 Å². The van der Waals surface area contributed by atoms with Gasteiger partial charge in [-0.2, -0.15) is 0 Å². The van der Waals surface area contributed by atoms with Crippen LogP contribution in [0.3, 0.4) is 0 Å². The SMILES string of the molecule is CCC[CH2][Al][CH2]c1ccccc1.[HH]. The van der Waals surface area contributed by atoms with Gasteiger partial charge in [-0.15, -0.1) is 5.28 Å². The summed E-state index contributed by atoms with van der Waals surface area (Å²) in [7, 11) is 0. The first-order valence-corrected chi connectivity index (χ1v) is 6.42. The van der Waals surface area contributed by atoms with Crippen molar-refractivity contribution >= 4 is 15.2 Å². The Hall–Kier alpha value is -0.248. The molecule has 0 heterocycles. The van der Waals surface area contributed by atoms with Gasteiger partial charge in [0.25, 0.3) is 0 Å². The van der Waals surface area contributed by atoms with Crippen LogP contribution in [0.2, 0.25) is 5.28 Å². The average Bonchev–Trinajstić information content (AvgIpc) is 2.14. The highest BCUT2D eigenvalue weighted by Crippen LogP contribution is 2.01. The van der Waals surface area contributed by atoms with Gasteiger partial charge in [-0.3, -0.25) is 0 Å². The van der Waals surface area contributed by atoms with E-state index < -0.39 is 0 Å². The second kappa shape index (κ2) is 6.29. The van der Waals surface area contributed by atoms with Gasteiger partial charge in [0.15, 0.2) is 0 Å². The topological polar surface area (TPSA) is 0 Å². The largest absolute Gasteiger partial charge is 0.207 e. The molecule has 0 amide bonds. The standard InChI is InChI=1S/C7H7.C4H9.Al.H2/c1-7-5-3-2-4-6-7;1-3-4-2;;/h2-6H,1H2;1,3-4H2,2H3;;1H. The maximum absolute atomic E-state index is 2.27. The molecule has 0 N–H and O–H groups in total. The first-order valence-electron chi connectivity index (χ1n) is 4.79. The Morgan fingerprint density at radius 1 is 1.25 bits per heavy atom. The highest BCUT2D eigenvalue weighted by atomic mass is 27.1. The van der Waals surface area contributed by atoms with E-state index >= 15 is 0 Å². The zero-order chi connectivity index (χ0) is 8.65. The van der Waals surface area contributed by atoms with Gasteiger partial charge in [0.05, 0.1) is 0 Å². The zero-order valence-corrected chi connectivity index (χ0v) is 8.95. The number of benzene rings is 1. The van der Waals surface area contributed by atoms with E-state index in [1.165, 1.54) is 29.0 Å². The molecule has 1 radical (unpaired) electrons. The molecular weight excluding hydrogens is 159 g/mol. The summed E-state index contributed by atoms with van der Waals surface area (Å²) in [5, 5.41) is 2.80. The molecule has 12 heavy (non-hydrogen) atoms. The Kier molecular flexibility index (Phi) is 5.16. The van der Waals surface area contributed by atoms with Crippen LogP contribution >= 0.6 is 0 Å². The van der Waals surface area contributed by atoms with Crippen molar-refractivity contribution in [1.82, 2.24) is 0 Å². The predicted octanol–water partition coefficient (Wildman–Crippen LogP) is 3.36. The molecule has 0 aliphatic carbocycles. The average molecular weight is 177 g/mol. The minimum Gasteiger partial charge on any atom is -0.103 e. The summed E-state index contributed by atoms with van der Waals surface area (Å²) in [4.78, 5) is 0. The molecule has 1 heteroatoms. The molecule has 1 rings (SSSR count). The summed E-state index contributed by atoms with van der Waals surface area (Å²) in [5.41, 5.74) is 1.52. The molecule has 0 spiro atoms.